The van der Waals surface area contributed by atoms with E-state index in [2.05, 4.69) is 13.0 Å². The number of hydrogen-bond donors (Lipinski definition) is 0. The maximum atomic E-state index is 12.6. The Morgan fingerprint density at radius 3 is 2.63 bits per heavy atom. The van der Waals surface area contributed by atoms with E-state index in [9.17, 15) is 4.79 Å². The molecule has 2 aromatic carbocycles. The summed E-state index contributed by atoms with van der Waals surface area (Å²) in [5, 5.41) is 0. The fraction of sp³-hybridized carbons (Fsp3) is 0.235. The molecule has 0 bridgehead atoms. The number of fused-ring (bicyclic) bond motifs is 1. The van der Waals surface area contributed by atoms with Crippen molar-refractivity contribution in [2.24, 2.45) is 0 Å². The highest BCUT2D eigenvalue weighted by Crippen LogP contribution is 2.29. The van der Waals surface area contributed by atoms with Crippen LogP contribution in [0.15, 0.2) is 42.5 Å². The van der Waals surface area contributed by atoms with Gasteiger partial charge in [0, 0.05) is 17.8 Å². The number of amides is 1. The summed E-state index contributed by atoms with van der Waals surface area (Å²) in [6.45, 7) is 4.89. The van der Waals surface area contributed by atoms with Crippen molar-refractivity contribution in [3.05, 3.63) is 64.7 Å². The molecule has 0 saturated carbocycles. The first-order valence-corrected chi connectivity index (χ1v) is 6.64. The average molecular weight is 251 g/mol. The molecule has 0 fully saturated rings. The van der Waals surface area contributed by atoms with Crippen LogP contribution in [-0.2, 0) is 6.42 Å². The van der Waals surface area contributed by atoms with Crippen LogP contribution in [-0.4, -0.2) is 12.5 Å². The van der Waals surface area contributed by atoms with Crippen molar-refractivity contribution in [3.8, 4) is 0 Å². The van der Waals surface area contributed by atoms with Gasteiger partial charge >= 0.3 is 0 Å². The van der Waals surface area contributed by atoms with Gasteiger partial charge in [0.15, 0.2) is 0 Å². The average Bonchev–Trinajstić information content (AvgIpc) is 2.85. The first-order valence-electron chi connectivity index (χ1n) is 6.64. The van der Waals surface area contributed by atoms with E-state index in [1.807, 2.05) is 48.2 Å². The zero-order chi connectivity index (χ0) is 13.4. The summed E-state index contributed by atoms with van der Waals surface area (Å²) < 4.78 is 0. The van der Waals surface area contributed by atoms with E-state index in [-0.39, 0.29) is 5.91 Å². The molecule has 0 unspecified atom stereocenters. The van der Waals surface area contributed by atoms with Gasteiger partial charge in [-0.2, -0.15) is 0 Å². The lowest BCUT2D eigenvalue weighted by atomic mass is 10.1. The quantitative estimate of drug-likeness (QED) is 0.759. The van der Waals surface area contributed by atoms with Gasteiger partial charge in [-0.25, -0.2) is 0 Å². The minimum Gasteiger partial charge on any atom is -0.308 e. The van der Waals surface area contributed by atoms with Crippen LogP contribution >= 0.6 is 0 Å². The molecule has 1 amide bonds. The molecule has 0 atom stereocenters. The molecule has 2 heteroatoms. The molecule has 0 aliphatic carbocycles. The van der Waals surface area contributed by atoms with Crippen LogP contribution in [0, 0.1) is 13.8 Å². The second-order valence-corrected chi connectivity index (χ2v) is 5.13. The smallest absolute Gasteiger partial charge is 0.258 e. The lowest BCUT2D eigenvalue weighted by Crippen LogP contribution is -2.28. The number of para-hydroxylation sites is 1. The van der Waals surface area contributed by atoms with Gasteiger partial charge in [-0.3, -0.25) is 4.79 Å². The number of aryl methyl sites for hydroxylation is 2. The Kier molecular flexibility index (Phi) is 2.86. The van der Waals surface area contributed by atoms with Gasteiger partial charge in [0.1, 0.15) is 0 Å². The Morgan fingerprint density at radius 1 is 1.05 bits per heavy atom. The molecule has 1 heterocycles. The van der Waals surface area contributed by atoms with Crippen molar-refractivity contribution < 1.29 is 4.79 Å². The Morgan fingerprint density at radius 2 is 1.84 bits per heavy atom. The monoisotopic (exact) mass is 251 g/mol. The third-order valence-corrected chi connectivity index (χ3v) is 3.89. The zero-order valence-electron chi connectivity index (χ0n) is 11.3. The summed E-state index contributed by atoms with van der Waals surface area (Å²) in [4.78, 5) is 14.5. The largest absolute Gasteiger partial charge is 0.308 e. The molecule has 1 aliphatic rings. The zero-order valence-corrected chi connectivity index (χ0v) is 11.3. The highest BCUT2D eigenvalue weighted by Gasteiger charge is 2.25. The van der Waals surface area contributed by atoms with Gasteiger partial charge in [-0.15, -0.1) is 0 Å². The van der Waals surface area contributed by atoms with Gasteiger partial charge in [0.25, 0.3) is 5.91 Å². The molecule has 0 saturated heterocycles. The fourth-order valence-corrected chi connectivity index (χ4v) is 2.58. The van der Waals surface area contributed by atoms with E-state index >= 15 is 0 Å². The number of rotatable bonds is 1. The Hall–Kier alpha value is -2.09. The normalized spacial score (nSPS) is 13.5. The van der Waals surface area contributed by atoms with Crippen LogP contribution in [0.4, 0.5) is 5.69 Å². The Balaban J connectivity index is 1.95. The van der Waals surface area contributed by atoms with E-state index in [4.69, 9.17) is 0 Å². The number of nitrogens with zero attached hydrogens (tertiary/aromatic N) is 1. The lowest BCUT2D eigenvalue weighted by molar-refractivity contribution is 0.0989. The third kappa shape index (κ3) is 2.03. The molecule has 1 aliphatic heterocycles. The van der Waals surface area contributed by atoms with Crippen molar-refractivity contribution in [3.63, 3.8) is 0 Å². The predicted molar refractivity (Wildman–Crippen MR) is 77.7 cm³/mol. The van der Waals surface area contributed by atoms with Crippen molar-refractivity contribution in [2.45, 2.75) is 20.3 Å². The highest BCUT2D eigenvalue weighted by molar-refractivity contribution is 6.07. The van der Waals surface area contributed by atoms with E-state index in [0.29, 0.717) is 0 Å². The van der Waals surface area contributed by atoms with Crippen molar-refractivity contribution >= 4 is 11.6 Å². The number of anilines is 1. The maximum absolute atomic E-state index is 12.6. The molecule has 96 valence electrons. The maximum Gasteiger partial charge on any atom is 0.258 e. The van der Waals surface area contributed by atoms with Gasteiger partial charge in [-0.1, -0.05) is 24.3 Å². The predicted octanol–water partition coefficient (Wildman–Crippen LogP) is 3.51. The van der Waals surface area contributed by atoms with E-state index in [1.54, 1.807) is 0 Å². The van der Waals surface area contributed by atoms with Crippen LogP contribution in [0.3, 0.4) is 0 Å². The molecule has 3 rings (SSSR count). The molecular formula is C17H17NO. The van der Waals surface area contributed by atoms with Crippen molar-refractivity contribution in [1.82, 2.24) is 0 Å². The summed E-state index contributed by atoms with van der Waals surface area (Å²) >= 11 is 0. The van der Waals surface area contributed by atoms with Crippen LogP contribution < -0.4 is 4.90 Å². The summed E-state index contributed by atoms with van der Waals surface area (Å²) in [5.41, 5.74) is 5.49. The standard InChI is InChI=1S/C17H17NO/c1-12-7-8-15(11-13(12)2)17(19)18-10-9-14-5-3-4-6-16(14)18/h3-8,11H,9-10H2,1-2H3. The SMILES string of the molecule is Cc1ccc(C(=O)N2CCc3ccccc32)cc1C. The molecule has 19 heavy (non-hydrogen) atoms. The summed E-state index contributed by atoms with van der Waals surface area (Å²) in [6, 6.07) is 14.1. The minimum atomic E-state index is 0.105. The third-order valence-electron chi connectivity index (χ3n) is 3.89. The molecular weight excluding hydrogens is 234 g/mol. The first kappa shape index (κ1) is 12.0. The molecule has 2 aromatic rings. The summed E-state index contributed by atoms with van der Waals surface area (Å²) in [7, 11) is 0. The topological polar surface area (TPSA) is 20.3 Å². The van der Waals surface area contributed by atoms with E-state index in [1.165, 1.54) is 16.7 Å². The lowest BCUT2D eigenvalue weighted by Gasteiger charge is -2.18. The van der Waals surface area contributed by atoms with Crippen LogP contribution in [0.5, 0.6) is 0 Å². The minimum absolute atomic E-state index is 0.105. The number of carbonyl (C=O) groups is 1. The first-order chi connectivity index (χ1) is 9.16. The summed E-state index contributed by atoms with van der Waals surface area (Å²) in [6.07, 6.45) is 0.951. The van der Waals surface area contributed by atoms with Gasteiger partial charge in [-0.05, 0) is 55.2 Å². The second-order valence-electron chi connectivity index (χ2n) is 5.13. The van der Waals surface area contributed by atoms with Crippen molar-refractivity contribution in [1.29, 1.82) is 0 Å². The van der Waals surface area contributed by atoms with E-state index in [0.717, 1.165) is 24.2 Å². The molecule has 2 nitrogen and oxygen atoms in total. The highest BCUT2D eigenvalue weighted by atomic mass is 16.2. The molecule has 0 spiro atoms. The van der Waals surface area contributed by atoms with Gasteiger partial charge < -0.3 is 4.90 Å². The van der Waals surface area contributed by atoms with Crippen LogP contribution in [0.1, 0.15) is 27.0 Å². The Bertz CT molecular complexity index is 645. The van der Waals surface area contributed by atoms with E-state index < -0.39 is 0 Å². The number of benzene rings is 2. The molecule has 0 N–H and O–H groups in total. The Labute approximate surface area is 113 Å². The van der Waals surface area contributed by atoms with Crippen LogP contribution in [0.2, 0.25) is 0 Å². The van der Waals surface area contributed by atoms with Crippen molar-refractivity contribution in [2.75, 3.05) is 11.4 Å². The number of carbonyl (C=O) groups excluding carboxylic acids is 1. The molecule has 0 aromatic heterocycles. The molecule has 0 radical (unpaired) electrons. The van der Waals surface area contributed by atoms with Gasteiger partial charge in [0.2, 0.25) is 0 Å². The fourth-order valence-electron chi connectivity index (χ4n) is 2.58. The summed E-state index contributed by atoms with van der Waals surface area (Å²) in [5.74, 6) is 0.105. The van der Waals surface area contributed by atoms with Gasteiger partial charge in [0.05, 0.1) is 0 Å². The van der Waals surface area contributed by atoms with Crippen LogP contribution in [0.25, 0.3) is 0 Å². The second kappa shape index (κ2) is 4.54. The number of hydrogen-bond acceptors (Lipinski definition) is 1.